The van der Waals surface area contributed by atoms with E-state index in [9.17, 15) is 9.59 Å². The number of carbonyl (C=O) groups is 2. The molecule has 1 heterocycles. The molecule has 0 saturated heterocycles. The Bertz CT molecular complexity index is 501. The topological polar surface area (TPSA) is 46.2 Å². The van der Waals surface area contributed by atoms with Gasteiger partial charge in [-0.15, -0.1) is 0 Å². The molecule has 2 rings (SSSR count). The quantitative estimate of drug-likeness (QED) is 0.771. The first kappa shape index (κ1) is 10.6. The summed E-state index contributed by atoms with van der Waals surface area (Å²) in [4.78, 5) is 22.9. The van der Waals surface area contributed by atoms with Crippen LogP contribution in [0.4, 0.5) is 5.69 Å². The van der Waals surface area contributed by atoms with Gasteiger partial charge in [-0.25, -0.2) is 0 Å². The van der Waals surface area contributed by atoms with Crippen molar-refractivity contribution in [2.24, 2.45) is 0 Å². The highest BCUT2D eigenvalue weighted by molar-refractivity contribution is 6.52. The second-order valence-electron chi connectivity index (χ2n) is 3.90. The van der Waals surface area contributed by atoms with Gasteiger partial charge in [0.2, 0.25) is 0 Å². The summed E-state index contributed by atoms with van der Waals surface area (Å²) < 4.78 is 0. The number of carbonyl (C=O) groups excluding carboxylic acids is 2. The fraction of sp³-hybridized carbons (Fsp3) is 0.231. The van der Waals surface area contributed by atoms with Gasteiger partial charge < -0.3 is 5.32 Å². The highest BCUT2D eigenvalue weighted by atomic mass is 16.2. The predicted molar refractivity (Wildman–Crippen MR) is 63.3 cm³/mol. The Balaban J connectivity index is 2.55. The van der Waals surface area contributed by atoms with E-state index in [0.29, 0.717) is 11.3 Å². The Morgan fingerprint density at radius 3 is 2.81 bits per heavy atom. The summed E-state index contributed by atoms with van der Waals surface area (Å²) in [5.41, 5.74) is 3.12. The Labute approximate surface area is 94.2 Å². The average Bonchev–Trinajstić information content (AvgIpc) is 2.56. The lowest BCUT2D eigenvalue weighted by Crippen LogP contribution is -2.12. The summed E-state index contributed by atoms with van der Waals surface area (Å²) in [6.45, 7) is 4.06. The fourth-order valence-corrected chi connectivity index (χ4v) is 1.71. The summed E-state index contributed by atoms with van der Waals surface area (Å²) in [5.74, 6) is -0.976. The highest BCUT2D eigenvalue weighted by Gasteiger charge is 2.29. The largest absolute Gasteiger partial charge is 0.318 e. The van der Waals surface area contributed by atoms with Crippen LogP contribution in [0.2, 0.25) is 0 Å². The van der Waals surface area contributed by atoms with Gasteiger partial charge in [0, 0.05) is 0 Å². The van der Waals surface area contributed by atoms with Crippen molar-refractivity contribution in [3.63, 3.8) is 0 Å². The van der Waals surface area contributed by atoms with E-state index in [1.807, 2.05) is 25.1 Å². The Kier molecular flexibility index (Phi) is 2.60. The first-order valence-corrected chi connectivity index (χ1v) is 5.29. The van der Waals surface area contributed by atoms with Gasteiger partial charge in [-0.1, -0.05) is 30.7 Å². The number of benzene rings is 1. The molecule has 1 aromatic rings. The third kappa shape index (κ3) is 1.65. The molecule has 1 amide bonds. The summed E-state index contributed by atoms with van der Waals surface area (Å²) in [7, 11) is 0. The van der Waals surface area contributed by atoms with E-state index in [0.717, 1.165) is 12.0 Å². The molecular formula is C13H13NO2. The number of fused-ring (bicyclic) bond motifs is 1. The monoisotopic (exact) mass is 215 g/mol. The zero-order valence-corrected chi connectivity index (χ0v) is 9.33. The summed E-state index contributed by atoms with van der Waals surface area (Å²) in [6.07, 6.45) is 2.89. The van der Waals surface area contributed by atoms with Gasteiger partial charge in [-0.05, 0) is 25.0 Å². The lowest BCUT2D eigenvalue weighted by Gasteiger charge is -2.02. The molecule has 16 heavy (non-hydrogen) atoms. The number of hydrogen-bond acceptors (Lipinski definition) is 2. The number of hydrogen-bond donors (Lipinski definition) is 1. The molecule has 82 valence electrons. The number of amides is 1. The second-order valence-corrected chi connectivity index (χ2v) is 3.90. The van der Waals surface area contributed by atoms with Crippen molar-refractivity contribution in [2.45, 2.75) is 20.3 Å². The first-order chi connectivity index (χ1) is 7.63. The molecule has 0 spiro atoms. The zero-order chi connectivity index (χ0) is 11.7. The van der Waals surface area contributed by atoms with Gasteiger partial charge in [0.15, 0.2) is 0 Å². The Morgan fingerprint density at radius 1 is 1.38 bits per heavy atom. The van der Waals surface area contributed by atoms with Crippen LogP contribution in [0.3, 0.4) is 0 Å². The van der Waals surface area contributed by atoms with Crippen LogP contribution in [-0.4, -0.2) is 11.7 Å². The third-order valence-electron chi connectivity index (χ3n) is 2.74. The van der Waals surface area contributed by atoms with Crippen molar-refractivity contribution in [3.05, 3.63) is 34.9 Å². The molecule has 0 aliphatic carbocycles. The van der Waals surface area contributed by atoms with Gasteiger partial charge in [-0.2, -0.15) is 0 Å². The van der Waals surface area contributed by atoms with Crippen LogP contribution < -0.4 is 5.32 Å². The lowest BCUT2D eigenvalue weighted by atomic mass is 10.0. The van der Waals surface area contributed by atoms with Crippen molar-refractivity contribution in [1.29, 1.82) is 0 Å². The molecule has 1 aromatic carbocycles. The minimum Gasteiger partial charge on any atom is -0.318 e. The van der Waals surface area contributed by atoms with Gasteiger partial charge in [0.1, 0.15) is 0 Å². The first-order valence-electron chi connectivity index (χ1n) is 5.29. The number of allylic oxidation sites excluding steroid dienone is 1. The predicted octanol–water partition coefficient (Wildman–Crippen LogP) is 2.63. The lowest BCUT2D eigenvalue weighted by molar-refractivity contribution is -0.112. The molecule has 0 radical (unpaired) electrons. The number of Topliss-reactive ketones (excluding diaryl/α,β-unsaturated/α-hetero) is 1. The van der Waals surface area contributed by atoms with Gasteiger partial charge in [0.25, 0.3) is 11.7 Å². The number of ketones is 1. The van der Waals surface area contributed by atoms with E-state index in [1.165, 1.54) is 5.57 Å². The average molecular weight is 215 g/mol. The SMILES string of the molecule is CCC(C)=Cc1cccc2c1C(=O)C(=O)N2. The molecule has 0 fully saturated rings. The van der Waals surface area contributed by atoms with Crippen LogP contribution in [0.1, 0.15) is 36.2 Å². The molecule has 3 heteroatoms. The number of nitrogens with one attached hydrogen (secondary N) is 1. The fourth-order valence-electron chi connectivity index (χ4n) is 1.71. The summed E-state index contributed by atoms with van der Waals surface area (Å²) in [5, 5.41) is 2.56. The molecule has 0 bridgehead atoms. The van der Waals surface area contributed by atoms with Crippen molar-refractivity contribution >= 4 is 23.5 Å². The van der Waals surface area contributed by atoms with Gasteiger partial charge in [0.05, 0.1) is 11.3 Å². The van der Waals surface area contributed by atoms with Crippen molar-refractivity contribution in [2.75, 3.05) is 5.32 Å². The van der Waals surface area contributed by atoms with Crippen molar-refractivity contribution in [3.8, 4) is 0 Å². The van der Waals surface area contributed by atoms with E-state index >= 15 is 0 Å². The summed E-state index contributed by atoms with van der Waals surface area (Å²) in [6, 6.07) is 5.44. The molecule has 1 aliphatic heterocycles. The van der Waals surface area contributed by atoms with Crippen LogP contribution in [0.5, 0.6) is 0 Å². The third-order valence-corrected chi connectivity index (χ3v) is 2.74. The minimum absolute atomic E-state index is 0.439. The molecular weight excluding hydrogens is 202 g/mol. The Hall–Kier alpha value is -1.90. The van der Waals surface area contributed by atoms with Crippen LogP contribution in [-0.2, 0) is 4.79 Å². The highest BCUT2D eigenvalue weighted by Crippen LogP contribution is 2.27. The minimum atomic E-state index is -0.537. The normalized spacial score (nSPS) is 15.0. The van der Waals surface area contributed by atoms with E-state index in [-0.39, 0.29) is 0 Å². The van der Waals surface area contributed by atoms with Crippen LogP contribution >= 0.6 is 0 Å². The molecule has 0 saturated carbocycles. The molecule has 1 aliphatic rings. The molecule has 0 unspecified atom stereocenters. The van der Waals surface area contributed by atoms with E-state index < -0.39 is 11.7 Å². The smallest absolute Gasteiger partial charge is 0.296 e. The van der Waals surface area contributed by atoms with Crippen LogP contribution in [0.15, 0.2) is 23.8 Å². The van der Waals surface area contributed by atoms with E-state index in [4.69, 9.17) is 0 Å². The van der Waals surface area contributed by atoms with Crippen LogP contribution in [0, 0.1) is 0 Å². The maximum Gasteiger partial charge on any atom is 0.296 e. The zero-order valence-electron chi connectivity index (χ0n) is 9.33. The maximum atomic E-state index is 11.6. The molecule has 0 atom stereocenters. The Morgan fingerprint density at radius 2 is 2.12 bits per heavy atom. The number of rotatable bonds is 2. The molecule has 1 N–H and O–H groups in total. The van der Waals surface area contributed by atoms with E-state index in [1.54, 1.807) is 6.07 Å². The van der Waals surface area contributed by atoms with Crippen LogP contribution in [0.25, 0.3) is 6.08 Å². The van der Waals surface area contributed by atoms with Gasteiger partial charge in [-0.3, -0.25) is 9.59 Å². The maximum absolute atomic E-state index is 11.6. The molecule has 0 aromatic heterocycles. The molecule has 3 nitrogen and oxygen atoms in total. The van der Waals surface area contributed by atoms with Crippen molar-refractivity contribution < 1.29 is 9.59 Å². The van der Waals surface area contributed by atoms with Gasteiger partial charge >= 0.3 is 0 Å². The van der Waals surface area contributed by atoms with Crippen molar-refractivity contribution in [1.82, 2.24) is 0 Å². The second kappa shape index (κ2) is 3.93. The number of anilines is 1. The summed E-state index contributed by atoms with van der Waals surface area (Å²) >= 11 is 0. The van der Waals surface area contributed by atoms with E-state index in [2.05, 4.69) is 12.2 Å². The standard InChI is InChI=1S/C13H13NO2/c1-3-8(2)7-9-5-4-6-10-11(9)12(15)13(16)14-10/h4-7H,3H2,1-2H3,(H,14,15,16).